The summed E-state index contributed by atoms with van der Waals surface area (Å²) in [6.07, 6.45) is 0.152. The normalized spacial score (nSPS) is 12.1. The van der Waals surface area contributed by atoms with Gasteiger partial charge in [-0.15, -0.1) is 10.2 Å². The number of azo groups is 1. The third kappa shape index (κ3) is 10.5. The van der Waals surface area contributed by atoms with Gasteiger partial charge in [0.1, 0.15) is 17.3 Å². The SMILES string of the molecule is CCN(CCCS(=O)(=O)O)c1cc(Br)c(/N=N/c2c(C#N)c(C(C)(C)C)nn2-c2ccc(NC(=O)c3cccc(S(=O)(=O)O)c3)cc2Cl)c(NC(C)=O)c1. The van der Waals surface area contributed by atoms with Crippen LogP contribution in [0.25, 0.3) is 5.69 Å². The van der Waals surface area contributed by atoms with Crippen LogP contribution in [0.2, 0.25) is 5.02 Å². The van der Waals surface area contributed by atoms with Crippen LogP contribution in [0.4, 0.5) is 28.6 Å². The zero-order chi connectivity index (χ0) is 40.2. The van der Waals surface area contributed by atoms with Gasteiger partial charge in [-0.05, 0) is 77.8 Å². The Morgan fingerprint density at radius 2 is 1.76 bits per heavy atom. The van der Waals surface area contributed by atoms with E-state index in [-0.39, 0.29) is 57.7 Å². The molecule has 0 fully saturated rings. The molecule has 286 valence electrons. The van der Waals surface area contributed by atoms with Crippen molar-refractivity contribution in [2.24, 2.45) is 10.2 Å². The molecule has 0 saturated heterocycles. The number of nitrogens with one attached hydrogen (secondary N) is 2. The molecular weight excluding hydrogens is 828 g/mol. The van der Waals surface area contributed by atoms with Gasteiger partial charge in [-0.2, -0.15) is 27.2 Å². The van der Waals surface area contributed by atoms with Crippen LogP contribution in [-0.4, -0.2) is 66.4 Å². The van der Waals surface area contributed by atoms with Crippen LogP contribution < -0.4 is 15.5 Å². The summed E-state index contributed by atoms with van der Waals surface area (Å²) < 4.78 is 65.9. The molecule has 4 rings (SSSR count). The quantitative estimate of drug-likeness (QED) is 0.0761. The van der Waals surface area contributed by atoms with Crippen molar-refractivity contribution in [3.8, 4) is 11.8 Å². The minimum absolute atomic E-state index is 0.00767. The van der Waals surface area contributed by atoms with Crippen LogP contribution in [0.5, 0.6) is 0 Å². The number of rotatable bonds is 13. The van der Waals surface area contributed by atoms with E-state index in [0.717, 1.165) is 12.1 Å². The molecule has 0 aliphatic rings. The molecular formula is C34H36BrClN8O8S2. The lowest BCUT2D eigenvalue weighted by atomic mass is 9.90. The van der Waals surface area contributed by atoms with E-state index in [4.69, 9.17) is 21.3 Å². The monoisotopic (exact) mass is 862 g/mol. The molecule has 0 aliphatic heterocycles. The van der Waals surface area contributed by atoms with Crippen molar-refractivity contribution in [3.05, 3.63) is 80.9 Å². The van der Waals surface area contributed by atoms with Crippen LogP contribution >= 0.6 is 27.5 Å². The molecule has 1 heterocycles. The molecule has 0 bridgehead atoms. The Bertz CT molecular complexity index is 2410. The zero-order valence-electron chi connectivity index (χ0n) is 29.6. The van der Waals surface area contributed by atoms with Gasteiger partial charge < -0.3 is 15.5 Å². The number of carbonyl (C=O) groups is 2. The Morgan fingerprint density at radius 1 is 1.06 bits per heavy atom. The molecule has 0 aliphatic carbocycles. The fourth-order valence-corrected chi connectivity index (χ4v) is 7.02. The maximum absolute atomic E-state index is 12.9. The zero-order valence-corrected chi connectivity index (χ0v) is 33.6. The third-order valence-corrected chi connectivity index (χ3v) is 10.3. The Hall–Kier alpha value is -4.71. The predicted octanol–water partition coefficient (Wildman–Crippen LogP) is 7.43. The Morgan fingerprint density at radius 3 is 2.33 bits per heavy atom. The van der Waals surface area contributed by atoms with E-state index >= 15 is 0 Å². The molecule has 0 atom stereocenters. The topological polar surface area (TPSA) is 237 Å². The first-order chi connectivity index (χ1) is 25.1. The standard InChI is InChI=1S/C34H36BrClN8O8S2/c1-6-43(13-8-14-53(47,48)49)23-17-26(35)30(28(18-23)38-20(2)45)40-41-32-25(19-37)31(34(3,4)5)42-44(32)29-12-11-22(16-27(29)36)39-33(46)21-9-7-10-24(15-21)54(50,51)52/h7,9-12,15-18H,6,8,13-14H2,1-5H3,(H,38,45)(H,39,46)(H,47,48,49)(H,50,51,52)/b41-40+. The largest absolute Gasteiger partial charge is 0.372 e. The number of hydrogen-bond donors (Lipinski definition) is 4. The van der Waals surface area contributed by atoms with Crippen molar-refractivity contribution < 1.29 is 35.5 Å². The smallest absolute Gasteiger partial charge is 0.294 e. The van der Waals surface area contributed by atoms with Gasteiger partial charge in [-0.25, -0.2) is 4.68 Å². The van der Waals surface area contributed by atoms with Crippen LogP contribution in [0.3, 0.4) is 0 Å². The lowest BCUT2D eigenvalue weighted by Crippen LogP contribution is -2.25. The maximum atomic E-state index is 12.9. The molecule has 4 aromatic rings. The molecule has 20 heteroatoms. The van der Waals surface area contributed by atoms with E-state index in [9.17, 15) is 36.2 Å². The number of benzene rings is 3. The lowest BCUT2D eigenvalue weighted by Gasteiger charge is -2.24. The van der Waals surface area contributed by atoms with Gasteiger partial charge in [0.05, 0.1) is 32.7 Å². The predicted molar refractivity (Wildman–Crippen MR) is 208 cm³/mol. The summed E-state index contributed by atoms with van der Waals surface area (Å²) in [6, 6.07) is 14.8. The molecule has 54 heavy (non-hydrogen) atoms. The van der Waals surface area contributed by atoms with E-state index in [0.29, 0.717) is 22.4 Å². The van der Waals surface area contributed by atoms with Crippen LogP contribution in [0, 0.1) is 11.3 Å². The molecule has 0 radical (unpaired) electrons. The van der Waals surface area contributed by atoms with Gasteiger partial charge in [-0.1, -0.05) is 38.4 Å². The number of anilines is 3. The molecule has 16 nitrogen and oxygen atoms in total. The van der Waals surface area contributed by atoms with Crippen molar-refractivity contribution in [1.29, 1.82) is 5.26 Å². The van der Waals surface area contributed by atoms with Crippen LogP contribution in [0.15, 0.2) is 74.2 Å². The summed E-state index contributed by atoms with van der Waals surface area (Å²) in [5.41, 5.74) is 1.37. The highest BCUT2D eigenvalue weighted by Crippen LogP contribution is 2.41. The van der Waals surface area contributed by atoms with Gasteiger partial charge in [0.15, 0.2) is 5.82 Å². The Kier molecular flexibility index (Phi) is 13.0. The first kappa shape index (κ1) is 42.0. The van der Waals surface area contributed by atoms with Crippen molar-refractivity contribution in [3.63, 3.8) is 0 Å². The summed E-state index contributed by atoms with van der Waals surface area (Å²) >= 11 is 10.2. The molecule has 1 aromatic heterocycles. The van der Waals surface area contributed by atoms with Gasteiger partial charge in [0.2, 0.25) is 5.91 Å². The summed E-state index contributed by atoms with van der Waals surface area (Å²) in [5.74, 6) is -1.50. The summed E-state index contributed by atoms with van der Waals surface area (Å²) in [7, 11) is -8.68. The Balaban J connectivity index is 1.77. The number of carbonyl (C=O) groups excluding carboxylic acids is 2. The molecule has 3 aromatic carbocycles. The second kappa shape index (κ2) is 16.8. The number of halogens is 2. The first-order valence-electron chi connectivity index (χ1n) is 16.1. The van der Waals surface area contributed by atoms with E-state index < -0.39 is 48.1 Å². The summed E-state index contributed by atoms with van der Waals surface area (Å²) in [4.78, 5) is 26.6. The lowest BCUT2D eigenvalue weighted by molar-refractivity contribution is -0.114. The summed E-state index contributed by atoms with van der Waals surface area (Å²) in [6.45, 7) is 9.52. The van der Waals surface area contributed by atoms with Crippen molar-refractivity contribution >= 4 is 88.1 Å². The van der Waals surface area contributed by atoms with E-state index in [1.54, 1.807) is 12.1 Å². The average Bonchev–Trinajstić information content (AvgIpc) is 3.44. The minimum atomic E-state index is -4.54. The first-order valence-corrected chi connectivity index (χ1v) is 20.3. The van der Waals surface area contributed by atoms with Crippen molar-refractivity contribution in [2.45, 2.75) is 51.3 Å². The fourth-order valence-electron chi connectivity index (χ4n) is 5.21. The number of nitriles is 1. The number of aromatic nitrogens is 2. The number of nitrogens with zero attached hydrogens (tertiary/aromatic N) is 6. The van der Waals surface area contributed by atoms with Crippen LogP contribution in [0.1, 0.15) is 62.7 Å². The van der Waals surface area contributed by atoms with Gasteiger partial charge in [0.25, 0.3) is 26.1 Å². The average molecular weight is 864 g/mol. The molecule has 0 saturated carbocycles. The van der Waals surface area contributed by atoms with Gasteiger partial charge in [-0.3, -0.25) is 18.7 Å². The van der Waals surface area contributed by atoms with Crippen molar-refractivity contribution in [1.82, 2.24) is 9.78 Å². The fraction of sp³-hybridized carbons (Fsp3) is 0.294. The van der Waals surface area contributed by atoms with Gasteiger partial charge >= 0.3 is 0 Å². The molecule has 0 unspecified atom stereocenters. The summed E-state index contributed by atoms with van der Waals surface area (Å²) in [5, 5.41) is 29.4. The highest BCUT2D eigenvalue weighted by atomic mass is 79.9. The van der Waals surface area contributed by atoms with E-state index in [2.05, 4.69) is 42.9 Å². The molecule has 0 spiro atoms. The van der Waals surface area contributed by atoms with Crippen LogP contribution in [-0.2, 0) is 30.4 Å². The number of amides is 2. The van der Waals surface area contributed by atoms with E-state index in [1.807, 2.05) is 32.6 Å². The molecule has 2 amide bonds. The maximum Gasteiger partial charge on any atom is 0.294 e. The minimum Gasteiger partial charge on any atom is -0.372 e. The second-order valence-electron chi connectivity index (χ2n) is 12.9. The molecule has 4 N–H and O–H groups in total. The highest BCUT2D eigenvalue weighted by Gasteiger charge is 2.29. The highest BCUT2D eigenvalue weighted by molar-refractivity contribution is 9.10. The second-order valence-corrected chi connectivity index (χ2v) is 17.1. The Labute approximate surface area is 325 Å². The van der Waals surface area contributed by atoms with Gasteiger partial charge in [0, 0.05) is 46.8 Å². The van der Waals surface area contributed by atoms with E-state index in [1.165, 1.54) is 41.9 Å². The van der Waals surface area contributed by atoms with Crippen molar-refractivity contribution in [2.75, 3.05) is 34.4 Å². The number of hydrogen-bond acceptors (Lipinski definition) is 11. The third-order valence-electron chi connectivity index (χ3n) is 7.69.